The van der Waals surface area contributed by atoms with Gasteiger partial charge in [0.1, 0.15) is 0 Å². The average molecular weight is 348 g/mol. The van der Waals surface area contributed by atoms with E-state index in [1.165, 1.54) is 16.7 Å². The van der Waals surface area contributed by atoms with Crippen LogP contribution < -0.4 is 0 Å². The summed E-state index contributed by atoms with van der Waals surface area (Å²) in [6, 6.07) is 8.13. The lowest BCUT2D eigenvalue weighted by molar-refractivity contribution is 0.910. The summed E-state index contributed by atoms with van der Waals surface area (Å²) in [5.41, 5.74) is 4.61. The van der Waals surface area contributed by atoms with E-state index in [1.807, 2.05) is 22.3 Å². The smallest absolute Gasteiger partial charge is 0.0245 e. The van der Waals surface area contributed by atoms with Crippen LogP contribution in [-0.2, 0) is 0 Å². The number of halogens is 1. The van der Waals surface area contributed by atoms with Crippen LogP contribution in [0.1, 0.15) is 30.9 Å². The number of terminal acetylenes is 1. The van der Waals surface area contributed by atoms with Crippen molar-refractivity contribution < 1.29 is 0 Å². The third-order valence-corrected chi connectivity index (χ3v) is 3.37. The van der Waals surface area contributed by atoms with Crippen molar-refractivity contribution in [3.63, 3.8) is 0 Å². The van der Waals surface area contributed by atoms with Crippen molar-refractivity contribution in [2.75, 3.05) is 0 Å². The molecular weight excluding hydrogens is 331 g/mol. The van der Waals surface area contributed by atoms with Gasteiger partial charge in [-0.15, -0.1) is 6.42 Å². The molecule has 0 spiro atoms. The van der Waals surface area contributed by atoms with Crippen molar-refractivity contribution in [2.45, 2.75) is 19.8 Å². The van der Waals surface area contributed by atoms with Crippen molar-refractivity contribution >= 4 is 22.6 Å². The Morgan fingerprint density at radius 1 is 1.50 bits per heavy atom. The largest absolute Gasteiger partial charge is 0.115 e. The summed E-state index contributed by atoms with van der Waals surface area (Å²) in [5.74, 6) is 2.97. The number of allylic oxidation sites excluding steroid dienone is 4. The molecule has 0 aromatic heterocycles. The van der Waals surface area contributed by atoms with E-state index in [1.54, 1.807) is 0 Å². The van der Waals surface area contributed by atoms with Gasteiger partial charge in [-0.25, -0.2) is 0 Å². The molecule has 0 heterocycles. The predicted octanol–water partition coefficient (Wildman–Crippen LogP) is 5.22. The number of hydrogen-bond donors (Lipinski definition) is 0. The Labute approximate surface area is 124 Å². The fraction of sp³-hybridized carbons (Fsp3) is 0.176. The summed E-state index contributed by atoms with van der Waals surface area (Å²) < 4.78 is 2.02. The van der Waals surface area contributed by atoms with Gasteiger partial charge in [-0.3, -0.25) is 0 Å². The molecule has 0 aliphatic carbocycles. The van der Waals surface area contributed by atoms with Gasteiger partial charge in [0, 0.05) is 11.5 Å². The molecule has 0 N–H and O–H groups in total. The minimum absolute atomic E-state index is 0.295. The Morgan fingerprint density at radius 3 is 2.78 bits per heavy atom. The number of benzene rings is 1. The first kappa shape index (κ1) is 14.8. The fourth-order valence-corrected chi connectivity index (χ4v) is 2.49. The molecule has 0 nitrogen and oxygen atoms in total. The van der Waals surface area contributed by atoms with Gasteiger partial charge in [-0.05, 0) is 39.8 Å². The van der Waals surface area contributed by atoms with Crippen molar-refractivity contribution in [3.05, 3.63) is 69.4 Å². The van der Waals surface area contributed by atoms with Gasteiger partial charge in [0.2, 0.25) is 0 Å². The minimum Gasteiger partial charge on any atom is -0.115 e. The van der Waals surface area contributed by atoms with Crippen molar-refractivity contribution in [1.29, 1.82) is 0 Å². The second-order valence-electron chi connectivity index (χ2n) is 4.13. The van der Waals surface area contributed by atoms with Crippen LogP contribution in [0.3, 0.4) is 0 Å². The highest BCUT2D eigenvalue weighted by atomic mass is 127. The van der Waals surface area contributed by atoms with Crippen LogP contribution in [0, 0.1) is 12.3 Å². The maximum Gasteiger partial charge on any atom is 0.0245 e. The summed E-state index contributed by atoms with van der Waals surface area (Å²) in [7, 11) is 0. The first-order chi connectivity index (χ1) is 8.63. The lowest BCUT2D eigenvalue weighted by atomic mass is 9.89. The van der Waals surface area contributed by atoms with Gasteiger partial charge in [0.05, 0.1) is 0 Å². The highest BCUT2D eigenvalue weighted by molar-refractivity contribution is 14.1. The van der Waals surface area contributed by atoms with Gasteiger partial charge in [0.25, 0.3) is 0 Å². The standard InChI is InChI=1S/C17H17I/c1-5-15-8-7-9-16(12-15)14(4)17(6-2)13(3)10-11-18/h1,6-12,14H,2H2,3-4H3/b11-10-,17-13+/t14-/m0/s1. The average Bonchev–Trinajstić information content (AvgIpc) is 2.40. The summed E-state index contributed by atoms with van der Waals surface area (Å²) in [6.07, 6.45) is 9.47. The van der Waals surface area contributed by atoms with Gasteiger partial charge in [-0.2, -0.15) is 0 Å². The number of hydrogen-bond acceptors (Lipinski definition) is 0. The second-order valence-corrected chi connectivity index (χ2v) is 4.85. The molecule has 92 valence electrons. The van der Waals surface area contributed by atoms with Crippen molar-refractivity contribution in [3.8, 4) is 12.3 Å². The van der Waals surface area contributed by atoms with Crippen molar-refractivity contribution in [2.24, 2.45) is 0 Å². The zero-order chi connectivity index (χ0) is 13.5. The van der Waals surface area contributed by atoms with E-state index >= 15 is 0 Å². The molecule has 0 amide bonds. The molecule has 1 aromatic carbocycles. The quantitative estimate of drug-likeness (QED) is 0.397. The van der Waals surface area contributed by atoms with Crippen LogP contribution in [0.2, 0.25) is 0 Å². The summed E-state index contributed by atoms with van der Waals surface area (Å²) >= 11 is 2.23. The van der Waals surface area contributed by atoms with Crippen LogP contribution in [0.25, 0.3) is 0 Å². The Kier molecular flexibility index (Phi) is 5.94. The van der Waals surface area contributed by atoms with Gasteiger partial charge < -0.3 is 0 Å². The monoisotopic (exact) mass is 348 g/mol. The van der Waals surface area contributed by atoms with Gasteiger partial charge in [0.15, 0.2) is 0 Å². The summed E-state index contributed by atoms with van der Waals surface area (Å²) in [6.45, 7) is 8.20. The van der Waals surface area contributed by atoms with E-state index in [9.17, 15) is 0 Å². The molecule has 0 radical (unpaired) electrons. The molecule has 0 aliphatic heterocycles. The van der Waals surface area contributed by atoms with E-state index in [0.29, 0.717) is 5.92 Å². The maximum absolute atomic E-state index is 5.44. The van der Waals surface area contributed by atoms with Crippen LogP contribution in [-0.4, -0.2) is 0 Å². The molecule has 0 saturated heterocycles. The first-order valence-electron chi connectivity index (χ1n) is 5.80. The van der Waals surface area contributed by atoms with E-state index < -0.39 is 0 Å². The van der Waals surface area contributed by atoms with E-state index in [4.69, 9.17) is 6.42 Å². The topological polar surface area (TPSA) is 0 Å². The molecule has 0 unspecified atom stereocenters. The molecule has 1 atom stereocenters. The van der Waals surface area contributed by atoms with Gasteiger partial charge >= 0.3 is 0 Å². The lowest BCUT2D eigenvalue weighted by Gasteiger charge is -2.16. The first-order valence-corrected chi connectivity index (χ1v) is 7.05. The molecule has 0 aliphatic rings. The molecule has 1 aromatic rings. The zero-order valence-electron chi connectivity index (χ0n) is 10.8. The molecule has 0 fully saturated rings. The van der Waals surface area contributed by atoms with Gasteiger partial charge in [-0.1, -0.05) is 66.3 Å². The highest BCUT2D eigenvalue weighted by Gasteiger charge is 2.10. The fourth-order valence-electron chi connectivity index (χ4n) is 1.95. The van der Waals surface area contributed by atoms with Crippen LogP contribution >= 0.6 is 22.6 Å². The summed E-state index contributed by atoms with van der Waals surface area (Å²) in [4.78, 5) is 0. The maximum atomic E-state index is 5.44. The normalized spacial score (nSPS) is 13.9. The highest BCUT2D eigenvalue weighted by Crippen LogP contribution is 2.28. The molecule has 1 rings (SSSR count). The third kappa shape index (κ3) is 3.61. The number of rotatable bonds is 4. The van der Waals surface area contributed by atoms with Crippen LogP contribution in [0.15, 0.2) is 58.2 Å². The van der Waals surface area contributed by atoms with Crippen LogP contribution in [0.5, 0.6) is 0 Å². The SMILES string of the molecule is C#Cc1cccc([C@H](C)/C(C=C)=C(C)/C=C\I)c1. The Balaban J connectivity index is 3.19. The van der Waals surface area contributed by atoms with E-state index in [2.05, 4.69) is 67.1 Å². The summed E-state index contributed by atoms with van der Waals surface area (Å²) in [5, 5.41) is 0. The van der Waals surface area contributed by atoms with E-state index in [-0.39, 0.29) is 0 Å². The second kappa shape index (κ2) is 7.23. The molecular formula is C17H17I. The Bertz CT molecular complexity index is 527. The minimum atomic E-state index is 0.295. The van der Waals surface area contributed by atoms with Crippen LogP contribution in [0.4, 0.5) is 0 Å². The lowest BCUT2D eigenvalue weighted by Crippen LogP contribution is -1.98. The third-order valence-electron chi connectivity index (χ3n) is 3.01. The molecule has 0 saturated carbocycles. The van der Waals surface area contributed by atoms with Crippen molar-refractivity contribution in [1.82, 2.24) is 0 Å². The Hall–Kier alpha value is -1.27. The zero-order valence-corrected chi connectivity index (χ0v) is 12.9. The Morgan fingerprint density at radius 2 is 2.22 bits per heavy atom. The molecule has 18 heavy (non-hydrogen) atoms. The predicted molar refractivity (Wildman–Crippen MR) is 88.8 cm³/mol. The molecule has 1 heteroatoms. The van der Waals surface area contributed by atoms with E-state index in [0.717, 1.165) is 5.56 Å². The molecule has 0 bridgehead atoms.